The first-order chi connectivity index (χ1) is 15.0. The lowest BCUT2D eigenvalue weighted by Gasteiger charge is -2.16. The van der Waals surface area contributed by atoms with Gasteiger partial charge in [0.25, 0.3) is 0 Å². The van der Waals surface area contributed by atoms with Crippen LogP contribution in [0.1, 0.15) is 29.5 Å². The lowest BCUT2D eigenvalue weighted by molar-refractivity contribution is -0.119. The number of carbonyl (C=O) groups excluding carboxylic acids is 2. The number of carbonyl (C=O) groups is 2. The van der Waals surface area contributed by atoms with Gasteiger partial charge in [-0.3, -0.25) is 14.2 Å². The average Bonchev–Trinajstić information content (AvgIpc) is 3.41. The molecular weight excluding hydrogens is 408 g/mol. The number of hydrogen-bond acceptors (Lipinski definition) is 4. The van der Waals surface area contributed by atoms with Crippen LogP contribution in [0.5, 0.6) is 0 Å². The molecule has 2 heterocycles. The first-order valence-electron chi connectivity index (χ1n) is 10.4. The maximum absolute atomic E-state index is 12.4. The third-order valence-corrected chi connectivity index (χ3v) is 6.34. The van der Waals surface area contributed by atoms with Gasteiger partial charge < -0.3 is 10.2 Å². The van der Waals surface area contributed by atoms with Crippen LogP contribution in [0.2, 0.25) is 0 Å². The third-order valence-electron chi connectivity index (χ3n) is 5.37. The number of nitrogens with zero attached hydrogens (tertiary/aromatic N) is 3. The number of benzene rings is 2. The first-order valence-corrected chi connectivity index (χ1v) is 11.4. The van der Waals surface area contributed by atoms with Gasteiger partial charge in [-0.05, 0) is 55.2 Å². The summed E-state index contributed by atoms with van der Waals surface area (Å²) in [5.41, 5.74) is 5.35. The topological polar surface area (TPSA) is 67.2 Å². The molecular formula is C24H26N4O2S. The summed E-state index contributed by atoms with van der Waals surface area (Å²) in [6, 6.07) is 14.1. The van der Waals surface area contributed by atoms with Crippen molar-refractivity contribution in [1.82, 2.24) is 14.9 Å². The number of anilines is 1. The smallest absolute Gasteiger partial charge is 0.230 e. The number of thioether (sulfide) groups is 1. The highest BCUT2D eigenvalue weighted by Crippen LogP contribution is 2.24. The van der Waals surface area contributed by atoms with Gasteiger partial charge in [0.2, 0.25) is 11.8 Å². The number of amides is 2. The van der Waals surface area contributed by atoms with Crippen molar-refractivity contribution in [3.05, 3.63) is 71.5 Å². The van der Waals surface area contributed by atoms with E-state index >= 15 is 0 Å². The molecule has 0 aliphatic carbocycles. The van der Waals surface area contributed by atoms with Gasteiger partial charge in [-0.2, -0.15) is 0 Å². The molecule has 1 aliphatic rings. The molecule has 6 nitrogen and oxygen atoms in total. The average molecular weight is 435 g/mol. The second-order valence-electron chi connectivity index (χ2n) is 7.75. The second kappa shape index (κ2) is 9.39. The number of nitrogens with one attached hydrogen (secondary N) is 1. The van der Waals surface area contributed by atoms with E-state index in [2.05, 4.69) is 42.3 Å². The van der Waals surface area contributed by atoms with E-state index in [4.69, 9.17) is 0 Å². The van der Waals surface area contributed by atoms with Gasteiger partial charge in [0.05, 0.1) is 11.4 Å². The largest absolute Gasteiger partial charge is 0.351 e. The molecule has 1 aromatic heterocycles. The Morgan fingerprint density at radius 1 is 1.16 bits per heavy atom. The van der Waals surface area contributed by atoms with E-state index in [-0.39, 0.29) is 11.8 Å². The highest BCUT2D eigenvalue weighted by atomic mass is 32.2. The van der Waals surface area contributed by atoms with Gasteiger partial charge in [-0.1, -0.05) is 36.0 Å². The molecule has 0 unspecified atom stereocenters. The molecule has 0 saturated carbocycles. The van der Waals surface area contributed by atoms with E-state index in [0.717, 1.165) is 40.6 Å². The van der Waals surface area contributed by atoms with Crippen LogP contribution in [0.4, 0.5) is 5.69 Å². The molecule has 31 heavy (non-hydrogen) atoms. The van der Waals surface area contributed by atoms with E-state index in [9.17, 15) is 9.59 Å². The highest BCUT2D eigenvalue weighted by Gasteiger charge is 2.21. The summed E-state index contributed by atoms with van der Waals surface area (Å²) < 4.78 is 2.03. The Kier molecular flexibility index (Phi) is 6.42. The maximum atomic E-state index is 12.4. The SMILES string of the molecule is Cc1ccc(C)c(-n2ccnc2SCC(=O)NCc2ccc(N3CCCC3=O)cc2)c1. The standard InChI is InChI=1S/C24H26N4O2S/c1-17-5-6-18(2)21(14-17)28-13-11-25-24(28)31-16-22(29)26-15-19-7-9-20(10-8-19)27-12-3-4-23(27)30/h5-11,13-14H,3-4,12,15-16H2,1-2H3,(H,26,29). The molecule has 0 atom stereocenters. The van der Waals surface area contributed by atoms with Crippen LogP contribution in [-0.4, -0.2) is 33.7 Å². The third kappa shape index (κ3) is 4.99. The van der Waals surface area contributed by atoms with E-state index in [0.29, 0.717) is 18.7 Å². The van der Waals surface area contributed by atoms with E-state index in [1.807, 2.05) is 39.9 Å². The summed E-state index contributed by atoms with van der Waals surface area (Å²) in [5.74, 6) is 0.430. The van der Waals surface area contributed by atoms with Crippen LogP contribution >= 0.6 is 11.8 Å². The van der Waals surface area contributed by atoms with Gasteiger partial charge in [0.1, 0.15) is 0 Å². The Morgan fingerprint density at radius 2 is 1.97 bits per heavy atom. The second-order valence-corrected chi connectivity index (χ2v) is 8.69. The van der Waals surface area contributed by atoms with Crippen molar-refractivity contribution in [2.24, 2.45) is 0 Å². The first kappa shape index (κ1) is 21.2. The predicted molar refractivity (Wildman–Crippen MR) is 124 cm³/mol. The Bertz CT molecular complexity index is 1090. The number of aryl methyl sites for hydroxylation is 2. The number of aromatic nitrogens is 2. The van der Waals surface area contributed by atoms with Crippen LogP contribution in [-0.2, 0) is 16.1 Å². The van der Waals surface area contributed by atoms with Crippen molar-refractivity contribution in [3.8, 4) is 5.69 Å². The molecule has 0 radical (unpaired) electrons. The number of hydrogen-bond donors (Lipinski definition) is 1. The minimum Gasteiger partial charge on any atom is -0.351 e. The highest BCUT2D eigenvalue weighted by molar-refractivity contribution is 7.99. The molecule has 7 heteroatoms. The molecule has 2 amide bonds. The number of imidazole rings is 1. The molecule has 1 N–H and O–H groups in total. The molecule has 1 saturated heterocycles. The quantitative estimate of drug-likeness (QED) is 0.570. The lowest BCUT2D eigenvalue weighted by atomic mass is 10.1. The van der Waals surface area contributed by atoms with Crippen molar-refractivity contribution >= 4 is 29.3 Å². The van der Waals surface area contributed by atoms with Crippen molar-refractivity contribution in [3.63, 3.8) is 0 Å². The van der Waals surface area contributed by atoms with Crippen molar-refractivity contribution in [2.45, 2.75) is 38.4 Å². The van der Waals surface area contributed by atoms with Crippen LogP contribution < -0.4 is 10.2 Å². The van der Waals surface area contributed by atoms with Gasteiger partial charge in [0, 0.05) is 37.6 Å². The zero-order valence-corrected chi connectivity index (χ0v) is 18.6. The van der Waals surface area contributed by atoms with Gasteiger partial charge >= 0.3 is 0 Å². The molecule has 160 valence electrons. The Morgan fingerprint density at radius 3 is 2.71 bits per heavy atom. The molecule has 0 bridgehead atoms. The zero-order valence-electron chi connectivity index (χ0n) is 17.8. The molecule has 4 rings (SSSR count). The summed E-state index contributed by atoms with van der Waals surface area (Å²) in [6.45, 7) is 5.37. The zero-order chi connectivity index (χ0) is 21.8. The molecule has 1 fully saturated rings. The van der Waals surface area contributed by atoms with Gasteiger partial charge in [-0.25, -0.2) is 4.98 Å². The van der Waals surface area contributed by atoms with Crippen LogP contribution in [0.3, 0.4) is 0 Å². The van der Waals surface area contributed by atoms with E-state index in [1.165, 1.54) is 17.3 Å². The summed E-state index contributed by atoms with van der Waals surface area (Å²) in [6.07, 6.45) is 5.22. The summed E-state index contributed by atoms with van der Waals surface area (Å²) in [5, 5.41) is 3.76. The van der Waals surface area contributed by atoms with Gasteiger partial charge in [0.15, 0.2) is 5.16 Å². The fourth-order valence-corrected chi connectivity index (χ4v) is 4.45. The van der Waals surface area contributed by atoms with Crippen LogP contribution in [0.15, 0.2) is 60.0 Å². The fraction of sp³-hybridized carbons (Fsp3) is 0.292. The van der Waals surface area contributed by atoms with Crippen LogP contribution in [0, 0.1) is 13.8 Å². The number of rotatable bonds is 7. The normalized spacial score (nSPS) is 13.6. The fourth-order valence-electron chi connectivity index (χ4n) is 3.66. The Balaban J connectivity index is 1.31. The summed E-state index contributed by atoms with van der Waals surface area (Å²) in [7, 11) is 0. The molecule has 1 aliphatic heterocycles. The molecule has 0 spiro atoms. The van der Waals surface area contributed by atoms with E-state index < -0.39 is 0 Å². The van der Waals surface area contributed by atoms with Crippen molar-refractivity contribution in [1.29, 1.82) is 0 Å². The monoisotopic (exact) mass is 434 g/mol. The minimum atomic E-state index is -0.0423. The summed E-state index contributed by atoms with van der Waals surface area (Å²) in [4.78, 5) is 30.5. The Hall–Kier alpha value is -3.06. The van der Waals surface area contributed by atoms with Crippen molar-refractivity contribution in [2.75, 3.05) is 17.2 Å². The summed E-state index contributed by atoms with van der Waals surface area (Å²) >= 11 is 1.42. The van der Waals surface area contributed by atoms with Crippen molar-refractivity contribution < 1.29 is 9.59 Å². The van der Waals surface area contributed by atoms with Gasteiger partial charge in [-0.15, -0.1) is 0 Å². The maximum Gasteiger partial charge on any atom is 0.230 e. The van der Waals surface area contributed by atoms with E-state index in [1.54, 1.807) is 6.20 Å². The minimum absolute atomic E-state index is 0.0423. The predicted octanol–water partition coefficient (Wildman–Crippen LogP) is 4.02. The lowest BCUT2D eigenvalue weighted by Crippen LogP contribution is -2.25. The Labute approximate surface area is 186 Å². The molecule has 3 aromatic rings. The van der Waals surface area contributed by atoms with Crippen LogP contribution in [0.25, 0.3) is 5.69 Å². The molecule has 2 aromatic carbocycles.